The van der Waals surface area contributed by atoms with E-state index in [9.17, 15) is 4.79 Å². The number of rotatable bonds is 9. The first kappa shape index (κ1) is 19.7. The van der Waals surface area contributed by atoms with Crippen LogP contribution >= 0.6 is 12.4 Å². The third-order valence-corrected chi connectivity index (χ3v) is 4.22. The Hall–Kier alpha value is -1.30. The second kappa shape index (κ2) is 9.11. The van der Waals surface area contributed by atoms with Crippen LogP contribution in [0.2, 0.25) is 0 Å². The van der Waals surface area contributed by atoms with Crippen LogP contribution in [-0.2, 0) is 14.9 Å². The van der Waals surface area contributed by atoms with E-state index in [1.54, 1.807) is 14.2 Å². The Morgan fingerprint density at radius 1 is 1.22 bits per heavy atom. The zero-order valence-corrected chi connectivity index (χ0v) is 14.9. The van der Waals surface area contributed by atoms with E-state index in [1.807, 2.05) is 25.1 Å². The van der Waals surface area contributed by atoms with Crippen molar-refractivity contribution in [2.45, 2.75) is 25.2 Å². The molecule has 2 rings (SSSR count). The molecule has 0 aliphatic heterocycles. The standard InChI is InChI=1S/C17H26N2O3.ClH/c1-13-4-5-14(12-15(13)22-3)17(6-7-17)16(20)19-9-8-18-10-11-21-2;/h4-5,12,18H,6-11H2,1-3H3,(H,19,20);1H. The molecule has 1 aliphatic rings. The SMILES string of the molecule is COCCNCCNC(=O)C1(c2ccc(C)c(OC)c2)CC1.Cl. The van der Waals surface area contributed by atoms with Gasteiger partial charge in [0.15, 0.2) is 0 Å². The van der Waals surface area contributed by atoms with Crippen LogP contribution in [0.15, 0.2) is 18.2 Å². The summed E-state index contributed by atoms with van der Waals surface area (Å²) >= 11 is 0. The lowest BCUT2D eigenvalue weighted by molar-refractivity contribution is -0.123. The number of aryl methyl sites for hydroxylation is 1. The van der Waals surface area contributed by atoms with Crippen molar-refractivity contribution in [2.75, 3.05) is 40.5 Å². The second-order valence-corrected chi connectivity index (χ2v) is 5.77. The molecule has 130 valence electrons. The summed E-state index contributed by atoms with van der Waals surface area (Å²) in [5.74, 6) is 0.963. The summed E-state index contributed by atoms with van der Waals surface area (Å²) in [6.45, 7) is 4.87. The average Bonchev–Trinajstić information content (AvgIpc) is 3.33. The van der Waals surface area contributed by atoms with Gasteiger partial charge in [-0.2, -0.15) is 0 Å². The van der Waals surface area contributed by atoms with E-state index in [-0.39, 0.29) is 23.7 Å². The number of nitrogens with one attached hydrogen (secondary N) is 2. The molecule has 0 atom stereocenters. The van der Waals surface area contributed by atoms with Gasteiger partial charge in [-0.25, -0.2) is 0 Å². The number of methoxy groups -OCH3 is 2. The molecule has 23 heavy (non-hydrogen) atoms. The van der Waals surface area contributed by atoms with Crippen molar-refractivity contribution in [3.05, 3.63) is 29.3 Å². The second-order valence-electron chi connectivity index (χ2n) is 5.77. The number of ether oxygens (including phenoxy) is 2. The van der Waals surface area contributed by atoms with Gasteiger partial charge in [0.2, 0.25) is 5.91 Å². The van der Waals surface area contributed by atoms with Crippen LogP contribution in [-0.4, -0.2) is 46.4 Å². The van der Waals surface area contributed by atoms with Crippen molar-refractivity contribution in [1.82, 2.24) is 10.6 Å². The van der Waals surface area contributed by atoms with Crippen molar-refractivity contribution >= 4 is 18.3 Å². The van der Waals surface area contributed by atoms with E-state index in [4.69, 9.17) is 9.47 Å². The first-order valence-corrected chi connectivity index (χ1v) is 7.77. The number of carbonyl (C=O) groups excluding carboxylic acids is 1. The lowest BCUT2D eigenvalue weighted by Crippen LogP contribution is -2.39. The molecule has 0 unspecified atom stereocenters. The van der Waals surface area contributed by atoms with E-state index >= 15 is 0 Å². The van der Waals surface area contributed by atoms with E-state index in [0.717, 1.165) is 42.8 Å². The first-order chi connectivity index (χ1) is 10.6. The van der Waals surface area contributed by atoms with Crippen molar-refractivity contribution in [3.8, 4) is 5.75 Å². The smallest absolute Gasteiger partial charge is 0.230 e. The summed E-state index contributed by atoms with van der Waals surface area (Å²) in [4.78, 5) is 12.5. The molecule has 0 aromatic heterocycles. The van der Waals surface area contributed by atoms with Gasteiger partial charge in [-0.15, -0.1) is 12.4 Å². The minimum absolute atomic E-state index is 0. The van der Waals surface area contributed by atoms with Gasteiger partial charge < -0.3 is 20.1 Å². The molecular formula is C17H27ClN2O3. The summed E-state index contributed by atoms with van der Waals surface area (Å²) in [6, 6.07) is 6.06. The molecule has 0 radical (unpaired) electrons. The molecule has 1 amide bonds. The van der Waals surface area contributed by atoms with E-state index in [0.29, 0.717) is 13.2 Å². The fourth-order valence-electron chi connectivity index (χ4n) is 2.62. The summed E-state index contributed by atoms with van der Waals surface area (Å²) in [7, 11) is 3.34. The zero-order valence-electron chi connectivity index (χ0n) is 14.1. The van der Waals surface area contributed by atoms with Crippen LogP contribution in [0.5, 0.6) is 5.75 Å². The van der Waals surface area contributed by atoms with Crippen LogP contribution < -0.4 is 15.4 Å². The van der Waals surface area contributed by atoms with Gasteiger partial charge in [-0.1, -0.05) is 12.1 Å². The normalized spacial score (nSPS) is 14.7. The van der Waals surface area contributed by atoms with Crippen molar-refractivity contribution in [2.24, 2.45) is 0 Å². The number of benzene rings is 1. The maximum absolute atomic E-state index is 12.5. The highest BCUT2D eigenvalue weighted by Crippen LogP contribution is 2.49. The van der Waals surface area contributed by atoms with Gasteiger partial charge in [0.1, 0.15) is 5.75 Å². The maximum Gasteiger partial charge on any atom is 0.230 e. The molecular weight excluding hydrogens is 316 g/mol. The molecule has 1 fully saturated rings. The van der Waals surface area contributed by atoms with Gasteiger partial charge in [0.05, 0.1) is 19.1 Å². The van der Waals surface area contributed by atoms with Crippen molar-refractivity contribution in [1.29, 1.82) is 0 Å². The Morgan fingerprint density at radius 2 is 1.96 bits per heavy atom. The minimum atomic E-state index is -0.354. The summed E-state index contributed by atoms with van der Waals surface area (Å²) in [5.41, 5.74) is 1.79. The highest BCUT2D eigenvalue weighted by atomic mass is 35.5. The Kier molecular flexibility index (Phi) is 7.82. The lowest BCUT2D eigenvalue weighted by atomic mass is 9.93. The average molecular weight is 343 g/mol. The molecule has 1 saturated carbocycles. The van der Waals surface area contributed by atoms with Gasteiger partial charge in [0, 0.05) is 26.7 Å². The maximum atomic E-state index is 12.5. The highest BCUT2D eigenvalue weighted by molar-refractivity contribution is 5.91. The zero-order chi connectivity index (χ0) is 16.0. The third-order valence-electron chi connectivity index (χ3n) is 4.22. The Bertz CT molecular complexity index is 519. The fraction of sp³-hybridized carbons (Fsp3) is 0.588. The molecule has 1 aromatic carbocycles. The minimum Gasteiger partial charge on any atom is -0.496 e. The van der Waals surface area contributed by atoms with Crippen molar-refractivity contribution < 1.29 is 14.3 Å². The third kappa shape index (κ3) is 4.83. The highest BCUT2D eigenvalue weighted by Gasteiger charge is 2.51. The predicted octanol–water partition coefficient (Wildman–Crippen LogP) is 1.81. The van der Waals surface area contributed by atoms with Crippen LogP contribution in [0.1, 0.15) is 24.0 Å². The Morgan fingerprint density at radius 3 is 2.57 bits per heavy atom. The molecule has 2 N–H and O–H groups in total. The Labute approximate surface area is 144 Å². The molecule has 6 heteroatoms. The van der Waals surface area contributed by atoms with Gasteiger partial charge >= 0.3 is 0 Å². The van der Waals surface area contributed by atoms with Crippen LogP contribution in [0.25, 0.3) is 0 Å². The van der Waals surface area contributed by atoms with E-state index < -0.39 is 0 Å². The molecule has 5 nitrogen and oxygen atoms in total. The molecule has 0 heterocycles. The molecule has 1 aliphatic carbocycles. The largest absolute Gasteiger partial charge is 0.496 e. The molecule has 0 spiro atoms. The first-order valence-electron chi connectivity index (χ1n) is 7.77. The van der Waals surface area contributed by atoms with Crippen LogP contribution in [0.4, 0.5) is 0 Å². The summed E-state index contributed by atoms with van der Waals surface area (Å²) in [5, 5.41) is 6.25. The molecule has 0 bridgehead atoms. The lowest BCUT2D eigenvalue weighted by Gasteiger charge is -2.17. The topological polar surface area (TPSA) is 59.6 Å². The van der Waals surface area contributed by atoms with E-state index in [2.05, 4.69) is 10.6 Å². The summed E-state index contributed by atoms with van der Waals surface area (Å²) in [6.07, 6.45) is 1.81. The number of hydrogen-bond acceptors (Lipinski definition) is 4. The number of halogens is 1. The van der Waals surface area contributed by atoms with Crippen molar-refractivity contribution in [3.63, 3.8) is 0 Å². The molecule has 1 aromatic rings. The van der Waals surface area contributed by atoms with Crippen LogP contribution in [0, 0.1) is 6.92 Å². The predicted molar refractivity (Wildman–Crippen MR) is 93.6 cm³/mol. The number of amides is 1. The van der Waals surface area contributed by atoms with Gasteiger partial charge in [-0.3, -0.25) is 4.79 Å². The quantitative estimate of drug-likeness (QED) is 0.672. The summed E-state index contributed by atoms with van der Waals surface area (Å²) < 4.78 is 10.3. The number of hydrogen-bond donors (Lipinski definition) is 2. The van der Waals surface area contributed by atoms with Gasteiger partial charge in [-0.05, 0) is 37.0 Å². The van der Waals surface area contributed by atoms with Gasteiger partial charge in [0.25, 0.3) is 0 Å². The van der Waals surface area contributed by atoms with E-state index in [1.165, 1.54) is 0 Å². The number of carbonyl (C=O) groups is 1. The fourth-order valence-corrected chi connectivity index (χ4v) is 2.62. The molecule has 0 saturated heterocycles. The van der Waals surface area contributed by atoms with Crippen LogP contribution in [0.3, 0.4) is 0 Å². The monoisotopic (exact) mass is 342 g/mol. The Balaban J connectivity index is 0.00000264.